The van der Waals surface area contributed by atoms with Crippen LogP contribution >= 0.6 is 0 Å². The highest BCUT2D eigenvalue weighted by Crippen LogP contribution is 2.34. The van der Waals surface area contributed by atoms with E-state index in [0.717, 1.165) is 37.9 Å². The van der Waals surface area contributed by atoms with Gasteiger partial charge in [0.05, 0.1) is 12.1 Å². The second kappa shape index (κ2) is 6.44. The van der Waals surface area contributed by atoms with Gasteiger partial charge in [-0.15, -0.1) is 0 Å². The van der Waals surface area contributed by atoms with Crippen molar-refractivity contribution in [1.29, 1.82) is 0 Å². The van der Waals surface area contributed by atoms with Crippen molar-refractivity contribution in [3.05, 3.63) is 35.0 Å². The number of ether oxygens (including phenoxy) is 1. The summed E-state index contributed by atoms with van der Waals surface area (Å²) in [5.74, 6) is 0. The standard InChI is InChI=1S/C18H24N2O/c1-3-19-18-14-8-4-5-10-16(14)20-17-13(11-12-21-2)7-6-9-15(17)18/h6-7,9H,3-5,8,10-12H2,1-2H3,(H,19,20). The monoisotopic (exact) mass is 284 g/mol. The van der Waals surface area contributed by atoms with Crippen LogP contribution in [0.1, 0.15) is 36.6 Å². The summed E-state index contributed by atoms with van der Waals surface area (Å²) in [5.41, 5.74) is 6.51. The molecule has 0 radical (unpaired) electrons. The fourth-order valence-corrected chi connectivity index (χ4v) is 3.30. The number of para-hydroxylation sites is 1. The van der Waals surface area contributed by atoms with E-state index in [0.29, 0.717) is 0 Å². The number of benzene rings is 1. The normalized spacial score (nSPS) is 14.2. The topological polar surface area (TPSA) is 34.2 Å². The van der Waals surface area contributed by atoms with Gasteiger partial charge in [-0.3, -0.25) is 4.98 Å². The van der Waals surface area contributed by atoms with Gasteiger partial charge in [-0.25, -0.2) is 0 Å². The molecule has 0 amide bonds. The Morgan fingerprint density at radius 2 is 2.10 bits per heavy atom. The molecule has 0 spiro atoms. The van der Waals surface area contributed by atoms with E-state index in [-0.39, 0.29) is 0 Å². The maximum Gasteiger partial charge on any atom is 0.0759 e. The van der Waals surface area contributed by atoms with Crippen molar-refractivity contribution in [3.8, 4) is 0 Å². The van der Waals surface area contributed by atoms with Gasteiger partial charge in [-0.1, -0.05) is 18.2 Å². The zero-order chi connectivity index (χ0) is 14.7. The van der Waals surface area contributed by atoms with Crippen molar-refractivity contribution in [2.45, 2.75) is 39.0 Å². The number of fused-ring (bicyclic) bond motifs is 2. The van der Waals surface area contributed by atoms with E-state index in [2.05, 4.69) is 30.4 Å². The summed E-state index contributed by atoms with van der Waals surface area (Å²) >= 11 is 0. The highest BCUT2D eigenvalue weighted by molar-refractivity contribution is 5.95. The van der Waals surface area contributed by atoms with Gasteiger partial charge in [0.2, 0.25) is 0 Å². The summed E-state index contributed by atoms with van der Waals surface area (Å²) in [4.78, 5) is 5.02. The predicted molar refractivity (Wildman–Crippen MR) is 88.1 cm³/mol. The van der Waals surface area contributed by atoms with Gasteiger partial charge in [-0.2, -0.15) is 0 Å². The highest BCUT2D eigenvalue weighted by atomic mass is 16.5. The number of methoxy groups -OCH3 is 1. The van der Waals surface area contributed by atoms with Gasteiger partial charge in [0.15, 0.2) is 0 Å². The summed E-state index contributed by atoms with van der Waals surface area (Å²) in [6.07, 6.45) is 5.73. The molecular formula is C18H24N2O. The second-order valence-electron chi connectivity index (χ2n) is 5.71. The molecule has 1 aromatic carbocycles. The first-order chi connectivity index (χ1) is 10.3. The lowest BCUT2D eigenvalue weighted by Gasteiger charge is -2.22. The zero-order valence-electron chi connectivity index (χ0n) is 13.0. The molecule has 1 heterocycles. The van der Waals surface area contributed by atoms with E-state index in [4.69, 9.17) is 9.72 Å². The summed E-state index contributed by atoms with van der Waals surface area (Å²) in [7, 11) is 1.75. The fourth-order valence-electron chi connectivity index (χ4n) is 3.30. The highest BCUT2D eigenvalue weighted by Gasteiger charge is 2.18. The molecule has 112 valence electrons. The maximum absolute atomic E-state index is 5.24. The molecular weight excluding hydrogens is 260 g/mol. The Morgan fingerprint density at radius 1 is 1.24 bits per heavy atom. The number of aryl methyl sites for hydroxylation is 1. The van der Waals surface area contributed by atoms with Crippen LogP contribution in [0.3, 0.4) is 0 Å². The summed E-state index contributed by atoms with van der Waals surface area (Å²) in [6, 6.07) is 6.52. The van der Waals surface area contributed by atoms with E-state index in [1.54, 1.807) is 7.11 Å². The van der Waals surface area contributed by atoms with Crippen LogP contribution < -0.4 is 5.32 Å². The lowest BCUT2D eigenvalue weighted by Crippen LogP contribution is -2.12. The molecule has 0 fully saturated rings. The Bertz CT molecular complexity index is 637. The van der Waals surface area contributed by atoms with E-state index < -0.39 is 0 Å². The smallest absolute Gasteiger partial charge is 0.0759 e. The first kappa shape index (κ1) is 14.3. The first-order valence-electron chi connectivity index (χ1n) is 8.01. The SMILES string of the molecule is CCNc1c2c(nc3c(CCOC)cccc13)CCCC2. The van der Waals surface area contributed by atoms with Gasteiger partial charge >= 0.3 is 0 Å². The van der Waals surface area contributed by atoms with Gasteiger partial charge in [-0.05, 0) is 50.2 Å². The van der Waals surface area contributed by atoms with Crippen molar-refractivity contribution in [1.82, 2.24) is 4.98 Å². The number of pyridine rings is 1. The lowest BCUT2D eigenvalue weighted by molar-refractivity contribution is 0.202. The molecule has 1 aliphatic carbocycles. The second-order valence-corrected chi connectivity index (χ2v) is 5.71. The van der Waals surface area contributed by atoms with Crippen LogP contribution in [-0.2, 0) is 24.0 Å². The third kappa shape index (κ3) is 2.75. The number of hydrogen-bond acceptors (Lipinski definition) is 3. The van der Waals surface area contributed by atoms with Gasteiger partial charge in [0.25, 0.3) is 0 Å². The Morgan fingerprint density at radius 3 is 2.90 bits per heavy atom. The molecule has 0 saturated heterocycles. The van der Waals surface area contributed by atoms with Crippen LogP contribution in [0.15, 0.2) is 18.2 Å². The number of nitrogens with one attached hydrogen (secondary N) is 1. The van der Waals surface area contributed by atoms with Gasteiger partial charge in [0.1, 0.15) is 0 Å². The Kier molecular flexibility index (Phi) is 4.39. The van der Waals surface area contributed by atoms with Crippen LogP contribution in [0, 0.1) is 0 Å². The Hall–Kier alpha value is -1.61. The molecule has 0 aliphatic heterocycles. The average molecular weight is 284 g/mol. The molecule has 3 heteroatoms. The Labute approximate surface area is 126 Å². The van der Waals surface area contributed by atoms with Crippen molar-refractivity contribution >= 4 is 16.6 Å². The summed E-state index contributed by atoms with van der Waals surface area (Å²) in [5, 5.41) is 4.86. The number of aromatic nitrogens is 1. The minimum absolute atomic E-state index is 0.744. The maximum atomic E-state index is 5.24. The van der Waals surface area contributed by atoms with E-state index in [1.807, 2.05) is 0 Å². The molecule has 0 unspecified atom stereocenters. The predicted octanol–water partition coefficient (Wildman–Crippen LogP) is 3.73. The van der Waals surface area contributed by atoms with Crippen LogP contribution in [0.25, 0.3) is 10.9 Å². The quantitative estimate of drug-likeness (QED) is 0.908. The molecule has 1 aliphatic rings. The van der Waals surface area contributed by atoms with Crippen LogP contribution in [-0.4, -0.2) is 25.2 Å². The molecule has 1 aromatic heterocycles. The van der Waals surface area contributed by atoms with E-state index >= 15 is 0 Å². The molecule has 3 rings (SSSR count). The fraction of sp³-hybridized carbons (Fsp3) is 0.500. The number of nitrogens with zero attached hydrogens (tertiary/aromatic N) is 1. The third-order valence-corrected chi connectivity index (χ3v) is 4.31. The summed E-state index contributed by atoms with van der Waals surface area (Å²) < 4.78 is 5.24. The largest absolute Gasteiger partial charge is 0.384 e. The molecule has 0 atom stereocenters. The van der Waals surface area contributed by atoms with Crippen molar-refractivity contribution in [2.75, 3.05) is 25.6 Å². The van der Waals surface area contributed by atoms with Gasteiger partial charge in [0, 0.05) is 30.4 Å². The van der Waals surface area contributed by atoms with Crippen LogP contribution in [0.2, 0.25) is 0 Å². The van der Waals surface area contributed by atoms with Crippen molar-refractivity contribution in [2.24, 2.45) is 0 Å². The van der Waals surface area contributed by atoms with E-state index in [1.165, 1.54) is 40.7 Å². The van der Waals surface area contributed by atoms with Crippen LogP contribution in [0.5, 0.6) is 0 Å². The molecule has 3 nitrogen and oxygen atoms in total. The zero-order valence-corrected chi connectivity index (χ0v) is 13.0. The summed E-state index contributed by atoms with van der Waals surface area (Å²) in [6.45, 7) is 3.86. The number of anilines is 1. The van der Waals surface area contributed by atoms with Crippen LogP contribution in [0.4, 0.5) is 5.69 Å². The number of rotatable bonds is 5. The molecule has 0 saturated carbocycles. The minimum atomic E-state index is 0.744. The Balaban J connectivity index is 2.18. The van der Waals surface area contributed by atoms with Crippen molar-refractivity contribution < 1.29 is 4.74 Å². The lowest BCUT2D eigenvalue weighted by atomic mass is 9.91. The molecule has 2 aromatic rings. The van der Waals surface area contributed by atoms with Gasteiger partial charge < -0.3 is 10.1 Å². The van der Waals surface area contributed by atoms with E-state index in [9.17, 15) is 0 Å². The third-order valence-electron chi connectivity index (χ3n) is 4.31. The molecule has 21 heavy (non-hydrogen) atoms. The first-order valence-corrected chi connectivity index (χ1v) is 8.01. The molecule has 0 bridgehead atoms. The minimum Gasteiger partial charge on any atom is -0.384 e. The average Bonchev–Trinajstić information content (AvgIpc) is 2.53. The number of hydrogen-bond donors (Lipinski definition) is 1. The molecule has 1 N–H and O–H groups in total. The van der Waals surface area contributed by atoms with Crippen molar-refractivity contribution in [3.63, 3.8) is 0 Å².